The monoisotopic (exact) mass is 294 g/mol. The SMILES string of the molecule is O=C(O)c1cccc(CNC(=O)c2cccc3cc[nH]c23)c1. The van der Waals surface area contributed by atoms with Gasteiger partial charge in [0, 0.05) is 18.1 Å². The van der Waals surface area contributed by atoms with Crippen LogP contribution in [0.1, 0.15) is 26.3 Å². The summed E-state index contributed by atoms with van der Waals surface area (Å²) in [5.41, 5.74) is 2.31. The van der Waals surface area contributed by atoms with Crippen LogP contribution in [0.4, 0.5) is 0 Å². The molecule has 5 nitrogen and oxygen atoms in total. The van der Waals surface area contributed by atoms with Crippen LogP contribution in [0.15, 0.2) is 54.7 Å². The van der Waals surface area contributed by atoms with Crippen molar-refractivity contribution in [2.75, 3.05) is 0 Å². The topological polar surface area (TPSA) is 82.2 Å². The molecule has 0 fully saturated rings. The number of hydrogen-bond donors (Lipinski definition) is 3. The van der Waals surface area contributed by atoms with E-state index in [-0.39, 0.29) is 18.0 Å². The molecule has 0 spiro atoms. The summed E-state index contributed by atoms with van der Waals surface area (Å²) >= 11 is 0. The number of aromatic nitrogens is 1. The van der Waals surface area contributed by atoms with Crippen molar-refractivity contribution in [2.24, 2.45) is 0 Å². The molecule has 1 amide bonds. The normalized spacial score (nSPS) is 10.5. The average Bonchev–Trinajstić information content (AvgIpc) is 3.01. The molecule has 0 saturated carbocycles. The number of carboxylic acids is 1. The number of amides is 1. The highest BCUT2D eigenvalue weighted by molar-refractivity contribution is 6.05. The van der Waals surface area contributed by atoms with E-state index in [0.29, 0.717) is 5.56 Å². The molecule has 22 heavy (non-hydrogen) atoms. The van der Waals surface area contributed by atoms with E-state index in [9.17, 15) is 9.59 Å². The third kappa shape index (κ3) is 2.69. The Kier molecular flexibility index (Phi) is 3.62. The van der Waals surface area contributed by atoms with Crippen LogP contribution in [0.2, 0.25) is 0 Å². The molecule has 5 heteroatoms. The maximum absolute atomic E-state index is 12.3. The second-order valence-corrected chi connectivity index (χ2v) is 4.94. The van der Waals surface area contributed by atoms with Crippen molar-refractivity contribution >= 4 is 22.8 Å². The number of aromatic amines is 1. The molecule has 0 unspecified atom stereocenters. The Balaban J connectivity index is 1.76. The molecule has 0 saturated heterocycles. The molecule has 0 atom stereocenters. The Hall–Kier alpha value is -3.08. The average molecular weight is 294 g/mol. The molecule has 3 N–H and O–H groups in total. The number of benzene rings is 2. The molecule has 2 aromatic carbocycles. The predicted octanol–water partition coefficient (Wildman–Crippen LogP) is 2.80. The number of rotatable bonds is 4. The van der Waals surface area contributed by atoms with Crippen molar-refractivity contribution in [1.82, 2.24) is 10.3 Å². The summed E-state index contributed by atoms with van der Waals surface area (Å²) in [6.07, 6.45) is 1.79. The van der Waals surface area contributed by atoms with Crippen LogP contribution >= 0.6 is 0 Å². The van der Waals surface area contributed by atoms with Crippen LogP contribution in [-0.2, 0) is 6.54 Å². The molecule has 0 aliphatic rings. The molecular formula is C17H14N2O3. The fourth-order valence-electron chi connectivity index (χ4n) is 2.37. The van der Waals surface area contributed by atoms with Gasteiger partial charge in [-0.15, -0.1) is 0 Å². The summed E-state index contributed by atoms with van der Waals surface area (Å²) in [6, 6.07) is 13.9. The number of nitrogens with one attached hydrogen (secondary N) is 2. The highest BCUT2D eigenvalue weighted by Crippen LogP contribution is 2.17. The van der Waals surface area contributed by atoms with Gasteiger partial charge in [0.15, 0.2) is 0 Å². The first-order chi connectivity index (χ1) is 10.6. The largest absolute Gasteiger partial charge is 0.478 e. The molecular weight excluding hydrogens is 280 g/mol. The highest BCUT2D eigenvalue weighted by Gasteiger charge is 2.10. The number of fused-ring (bicyclic) bond motifs is 1. The van der Waals surface area contributed by atoms with E-state index >= 15 is 0 Å². The van der Waals surface area contributed by atoms with Gasteiger partial charge in [-0.3, -0.25) is 4.79 Å². The minimum absolute atomic E-state index is 0.200. The minimum Gasteiger partial charge on any atom is -0.478 e. The van der Waals surface area contributed by atoms with Gasteiger partial charge in [-0.2, -0.15) is 0 Å². The van der Waals surface area contributed by atoms with Gasteiger partial charge in [0.1, 0.15) is 0 Å². The van der Waals surface area contributed by atoms with E-state index < -0.39 is 5.97 Å². The van der Waals surface area contributed by atoms with Crippen molar-refractivity contribution in [3.05, 3.63) is 71.4 Å². The van der Waals surface area contributed by atoms with Crippen LogP contribution < -0.4 is 5.32 Å². The van der Waals surface area contributed by atoms with E-state index in [1.807, 2.05) is 18.2 Å². The molecule has 0 radical (unpaired) electrons. The van der Waals surface area contributed by atoms with Crippen molar-refractivity contribution in [3.8, 4) is 0 Å². The third-order valence-electron chi connectivity index (χ3n) is 3.46. The Bertz CT molecular complexity index is 852. The molecule has 1 heterocycles. The Labute approximate surface area is 126 Å². The summed E-state index contributed by atoms with van der Waals surface area (Å²) in [5, 5.41) is 12.8. The fraction of sp³-hybridized carbons (Fsp3) is 0.0588. The number of aromatic carboxylic acids is 1. The lowest BCUT2D eigenvalue weighted by Crippen LogP contribution is -2.23. The van der Waals surface area contributed by atoms with Crippen LogP contribution in [0.3, 0.4) is 0 Å². The third-order valence-corrected chi connectivity index (χ3v) is 3.46. The summed E-state index contributed by atoms with van der Waals surface area (Å²) in [5.74, 6) is -1.18. The molecule has 0 bridgehead atoms. The van der Waals surface area contributed by atoms with Crippen molar-refractivity contribution in [3.63, 3.8) is 0 Å². The molecule has 3 aromatic rings. The van der Waals surface area contributed by atoms with Gasteiger partial charge >= 0.3 is 5.97 Å². The summed E-state index contributed by atoms with van der Waals surface area (Å²) < 4.78 is 0. The van der Waals surface area contributed by atoms with E-state index in [0.717, 1.165) is 16.5 Å². The lowest BCUT2D eigenvalue weighted by Gasteiger charge is -2.07. The molecule has 110 valence electrons. The molecule has 0 aliphatic carbocycles. The quantitative estimate of drug-likeness (QED) is 0.692. The predicted molar refractivity (Wildman–Crippen MR) is 82.9 cm³/mol. The van der Waals surface area contributed by atoms with Crippen molar-refractivity contribution < 1.29 is 14.7 Å². The number of carbonyl (C=O) groups is 2. The Morgan fingerprint density at radius 2 is 1.91 bits per heavy atom. The first-order valence-corrected chi connectivity index (χ1v) is 6.82. The molecule has 3 rings (SSSR count). The zero-order chi connectivity index (χ0) is 15.5. The molecule has 0 aliphatic heterocycles. The lowest BCUT2D eigenvalue weighted by molar-refractivity contribution is 0.0696. The minimum atomic E-state index is -0.982. The van der Waals surface area contributed by atoms with Crippen LogP contribution in [0.25, 0.3) is 10.9 Å². The lowest BCUT2D eigenvalue weighted by atomic mass is 10.1. The number of H-pyrrole nitrogens is 1. The maximum atomic E-state index is 12.3. The van der Waals surface area contributed by atoms with Gasteiger partial charge in [-0.25, -0.2) is 4.79 Å². The molecule has 1 aromatic heterocycles. The maximum Gasteiger partial charge on any atom is 0.335 e. The number of hydrogen-bond acceptors (Lipinski definition) is 2. The van der Waals surface area contributed by atoms with Crippen LogP contribution in [-0.4, -0.2) is 22.0 Å². The van der Waals surface area contributed by atoms with Gasteiger partial charge < -0.3 is 15.4 Å². The standard InChI is InChI=1S/C17H14N2O3/c20-16(14-6-2-4-12-7-8-18-15(12)14)19-10-11-3-1-5-13(9-11)17(21)22/h1-9,18H,10H2,(H,19,20)(H,21,22). The summed E-state index contributed by atoms with van der Waals surface area (Å²) in [7, 11) is 0. The van der Waals surface area contributed by atoms with Gasteiger partial charge in [0.05, 0.1) is 16.6 Å². The summed E-state index contributed by atoms with van der Waals surface area (Å²) in [6.45, 7) is 0.275. The van der Waals surface area contributed by atoms with Crippen molar-refractivity contribution in [2.45, 2.75) is 6.54 Å². The van der Waals surface area contributed by atoms with Crippen LogP contribution in [0, 0.1) is 0 Å². The first-order valence-electron chi connectivity index (χ1n) is 6.82. The van der Waals surface area contributed by atoms with E-state index in [1.54, 1.807) is 30.5 Å². The second kappa shape index (κ2) is 5.73. The zero-order valence-corrected chi connectivity index (χ0v) is 11.7. The number of para-hydroxylation sites is 1. The Morgan fingerprint density at radius 1 is 1.09 bits per heavy atom. The van der Waals surface area contributed by atoms with Crippen molar-refractivity contribution in [1.29, 1.82) is 0 Å². The van der Waals surface area contributed by atoms with E-state index in [1.165, 1.54) is 6.07 Å². The van der Waals surface area contributed by atoms with E-state index in [2.05, 4.69) is 10.3 Å². The zero-order valence-electron chi connectivity index (χ0n) is 11.7. The number of carboxylic acid groups (broad SMARTS) is 1. The van der Waals surface area contributed by atoms with Gasteiger partial charge in [0.25, 0.3) is 5.91 Å². The Morgan fingerprint density at radius 3 is 2.73 bits per heavy atom. The first kappa shape index (κ1) is 13.9. The van der Waals surface area contributed by atoms with Crippen LogP contribution in [0.5, 0.6) is 0 Å². The smallest absolute Gasteiger partial charge is 0.335 e. The van der Waals surface area contributed by atoms with Gasteiger partial charge in [-0.1, -0.05) is 24.3 Å². The van der Waals surface area contributed by atoms with Gasteiger partial charge in [-0.05, 0) is 29.8 Å². The highest BCUT2D eigenvalue weighted by atomic mass is 16.4. The van der Waals surface area contributed by atoms with Gasteiger partial charge in [0.2, 0.25) is 0 Å². The number of carbonyl (C=O) groups excluding carboxylic acids is 1. The second-order valence-electron chi connectivity index (χ2n) is 4.94. The fourth-order valence-corrected chi connectivity index (χ4v) is 2.37. The van der Waals surface area contributed by atoms with E-state index in [4.69, 9.17) is 5.11 Å². The summed E-state index contributed by atoms with van der Waals surface area (Å²) in [4.78, 5) is 26.3.